The maximum Gasteiger partial charge on any atom is 0.231 e. The van der Waals surface area contributed by atoms with Crippen molar-refractivity contribution >= 4 is 56.8 Å². The fourth-order valence-electron chi connectivity index (χ4n) is 3.12. The summed E-state index contributed by atoms with van der Waals surface area (Å²) in [5.74, 6) is -0.380. The van der Waals surface area contributed by atoms with Crippen LogP contribution >= 0.6 is 23.2 Å². The quantitative estimate of drug-likeness (QED) is 0.311. The number of hydrogen-bond donors (Lipinski definition) is 1. The largest absolute Gasteiger partial charge is 0.612 e. The Bertz CT molecular complexity index is 1250. The van der Waals surface area contributed by atoms with Gasteiger partial charge >= 0.3 is 0 Å². The minimum Gasteiger partial charge on any atom is -0.612 e. The lowest BCUT2D eigenvalue weighted by atomic mass is 10.0. The molecule has 0 saturated heterocycles. The van der Waals surface area contributed by atoms with Gasteiger partial charge in [0.2, 0.25) is 5.78 Å². The molecule has 0 amide bonds. The van der Waals surface area contributed by atoms with Crippen molar-refractivity contribution in [2.45, 2.75) is 4.90 Å². The summed E-state index contributed by atoms with van der Waals surface area (Å²) >= 11 is 11.0. The van der Waals surface area contributed by atoms with Gasteiger partial charge in [-0.25, -0.2) is 0 Å². The van der Waals surface area contributed by atoms with E-state index in [1.165, 1.54) is 6.07 Å². The molecule has 1 unspecified atom stereocenters. The first-order valence-corrected chi connectivity index (χ1v) is 10.9. The van der Waals surface area contributed by atoms with Gasteiger partial charge < -0.3 is 14.7 Å². The highest BCUT2D eigenvalue weighted by molar-refractivity contribution is 7.90. The minimum absolute atomic E-state index is 0.0322. The van der Waals surface area contributed by atoms with E-state index in [1.54, 1.807) is 24.5 Å². The summed E-state index contributed by atoms with van der Waals surface area (Å²) in [6.07, 6.45) is 1.63. The maximum absolute atomic E-state index is 12.9. The summed E-state index contributed by atoms with van der Waals surface area (Å²) in [5.41, 5.74) is 8.94. The Morgan fingerprint density at radius 3 is 2.52 bits per heavy atom. The lowest BCUT2D eigenvalue weighted by Crippen LogP contribution is -2.03. The Hall–Kier alpha value is -2.44. The van der Waals surface area contributed by atoms with E-state index >= 15 is 0 Å². The molecule has 2 N–H and O–H groups in total. The molecule has 4 aromatic rings. The van der Waals surface area contributed by atoms with Crippen LogP contribution in [0.25, 0.3) is 22.1 Å². The number of hydrogen-bond acceptors (Lipinski definition) is 4. The highest BCUT2D eigenvalue weighted by Crippen LogP contribution is 2.35. The number of ketones is 1. The first kappa shape index (κ1) is 19.9. The third kappa shape index (κ3) is 3.74. The number of anilines is 1. The Morgan fingerprint density at radius 2 is 1.79 bits per heavy atom. The van der Waals surface area contributed by atoms with Crippen molar-refractivity contribution in [1.29, 1.82) is 0 Å². The molecule has 4 nitrogen and oxygen atoms in total. The molecular weight excluding hydrogens is 429 g/mol. The maximum atomic E-state index is 12.9. The highest BCUT2D eigenvalue weighted by Gasteiger charge is 2.22. The van der Waals surface area contributed by atoms with Crippen LogP contribution in [0.1, 0.15) is 16.1 Å². The second-order valence-electron chi connectivity index (χ2n) is 6.49. The zero-order chi connectivity index (χ0) is 20.7. The standard InChI is InChI=1S/C22H15Cl2NO3S/c1-29(27)15-4-2-3-12(9-15)13-5-7-17-19(10-13)28-22(20(17)25)21(26)16-8-6-14(23)11-18(16)24/h2-11H,25H2,1H3. The van der Waals surface area contributed by atoms with Crippen molar-refractivity contribution < 1.29 is 13.8 Å². The first-order valence-electron chi connectivity index (χ1n) is 8.61. The topological polar surface area (TPSA) is 79.3 Å². The first-order chi connectivity index (χ1) is 13.8. The third-order valence-electron chi connectivity index (χ3n) is 4.61. The molecule has 0 bridgehead atoms. The Kier molecular flexibility index (Phi) is 5.32. The van der Waals surface area contributed by atoms with Crippen LogP contribution < -0.4 is 5.73 Å². The van der Waals surface area contributed by atoms with Crippen LogP contribution in [-0.2, 0) is 11.2 Å². The molecule has 1 atom stereocenters. The predicted molar refractivity (Wildman–Crippen MR) is 118 cm³/mol. The van der Waals surface area contributed by atoms with Crippen molar-refractivity contribution in [3.05, 3.63) is 82.0 Å². The van der Waals surface area contributed by atoms with Crippen LogP contribution in [0.2, 0.25) is 10.0 Å². The van der Waals surface area contributed by atoms with Crippen LogP contribution in [0.5, 0.6) is 0 Å². The number of carbonyl (C=O) groups excluding carboxylic acids is 1. The predicted octanol–water partition coefficient (Wildman–Crippen LogP) is 5.96. The fourth-order valence-corrected chi connectivity index (χ4v) is 4.17. The van der Waals surface area contributed by atoms with Crippen LogP contribution in [0.15, 0.2) is 70.0 Å². The number of halogens is 2. The summed E-state index contributed by atoms with van der Waals surface area (Å²) in [7, 11) is 0. The van der Waals surface area contributed by atoms with Crippen LogP contribution in [0.4, 0.5) is 5.69 Å². The third-order valence-corrected chi connectivity index (χ3v) is 6.08. The Balaban J connectivity index is 1.78. The molecule has 1 aromatic heterocycles. The molecule has 4 rings (SSSR count). The number of furan rings is 1. The van der Waals surface area contributed by atoms with Gasteiger partial charge in [0.1, 0.15) is 11.8 Å². The molecule has 7 heteroatoms. The van der Waals surface area contributed by atoms with E-state index in [4.69, 9.17) is 33.4 Å². The number of fused-ring (bicyclic) bond motifs is 1. The van der Waals surface area contributed by atoms with Gasteiger partial charge in [0.05, 0.1) is 10.7 Å². The van der Waals surface area contributed by atoms with Crippen molar-refractivity contribution in [3.8, 4) is 11.1 Å². The van der Waals surface area contributed by atoms with Gasteiger partial charge in [0, 0.05) is 22.0 Å². The monoisotopic (exact) mass is 443 g/mol. The molecule has 3 aromatic carbocycles. The summed E-state index contributed by atoms with van der Waals surface area (Å²) < 4.78 is 17.6. The van der Waals surface area contributed by atoms with E-state index in [0.717, 1.165) is 16.0 Å². The van der Waals surface area contributed by atoms with Crippen LogP contribution in [0.3, 0.4) is 0 Å². The van der Waals surface area contributed by atoms with Crippen molar-refractivity contribution in [2.75, 3.05) is 12.0 Å². The van der Waals surface area contributed by atoms with Crippen molar-refractivity contribution in [1.82, 2.24) is 0 Å². The van der Waals surface area contributed by atoms with E-state index in [9.17, 15) is 9.35 Å². The van der Waals surface area contributed by atoms with Crippen molar-refractivity contribution in [3.63, 3.8) is 0 Å². The van der Waals surface area contributed by atoms with Gasteiger partial charge in [-0.1, -0.05) is 41.4 Å². The lowest BCUT2D eigenvalue weighted by Gasteiger charge is -2.06. The smallest absolute Gasteiger partial charge is 0.231 e. The molecule has 0 aliphatic rings. The van der Waals surface area contributed by atoms with E-state index in [2.05, 4.69) is 0 Å². The number of nitrogens with two attached hydrogens (primary N) is 1. The van der Waals surface area contributed by atoms with E-state index in [1.807, 2.05) is 36.4 Å². The Morgan fingerprint density at radius 1 is 1.03 bits per heavy atom. The fraction of sp³-hybridized carbons (Fsp3) is 0.0455. The summed E-state index contributed by atoms with van der Waals surface area (Å²) in [6.45, 7) is 0. The molecule has 146 valence electrons. The highest BCUT2D eigenvalue weighted by atomic mass is 35.5. The molecule has 0 saturated carbocycles. The average molecular weight is 444 g/mol. The van der Waals surface area contributed by atoms with E-state index < -0.39 is 17.0 Å². The van der Waals surface area contributed by atoms with E-state index in [-0.39, 0.29) is 22.0 Å². The molecular formula is C22H15Cl2NO3S. The van der Waals surface area contributed by atoms with Gasteiger partial charge in [-0.05, 0) is 58.7 Å². The zero-order valence-electron chi connectivity index (χ0n) is 15.2. The summed E-state index contributed by atoms with van der Waals surface area (Å²) in [6, 6.07) is 17.6. The molecule has 29 heavy (non-hydrogen) atoms. The zero-order valence-corrected chi connectivity index (χ0v) is 17.6. The normalized spacial score (nSPS) is 12.3. The minimum atomic E-state index is -1.08. The number of rotatable bonds is 4. The second-order valence-corrected chi connectivity index (χ2v) is 8.71. The van der Waals surface area contributed by atoms with Gasteiger partial charge in [0.25, 0.3) is 0 Å². The van der Waals surface area contributed by atoms with Gasteiger partial charge in [-0.15, -0.1) is 0 Å². The van der Waals surface area contributed by atoms with Crippen LogP contribution in [-0.4, -0.2) is 16.6 Å². The molecule has 0 aliphatic carbocycles. The SMILES string of the molecule is C[S+]([O-])c1cccc(-c2ccc3c(N)c(C(=O)c4ccc(Cl)cc4Cl)oc3c2)c1. The van der Waals surface area contributed by atoms with Crippen molar-refractivity contribution in [2.24, 2.45) is 0 Å². The number of benzene rings is 3. The lowest BCUT2D eigenvalue weighted by molar-refractivity contribution is 0.101. The average Bonchev–Trinajstić information content (AvgIpc) is 3.03. The molecule has 0 spiro atoms. The second kappa shape index (κ2) is 7.76. The molecule has 0 aliphatic heterocycles. The van der Waals surface area contributed by atoms with E-state index in [0.29, 0.717) is 16.0 Å². The molecule has 1 heterocycles. The summed E-state index contributed by atoms with van der Waals surface area (Å²) in [5, 5.41) is 1.30. The Labute approximate surface area is 180 Å². The van der Waals surface area contributed by atoms with Gasteiger partial charge in [0.15, 0.2) is 10.7 Å². The molecule has 0 radical (unpaired) electrons. The van der Waals surface area contributed by atoms with Gasteiger partial charge in [-0.2, -0.15) is 0 Å². The number of carbonyl (C=O) groups is 1. The molecule has 0 fully saturated rings. The number of nitrogen functional groups attached to an aromatic ring is 1. The summed E-state index contributed by atoms with van der Waals surface area (Å²) in [4.78, 5) is 13.6. The van der Waals surface area contributed by atoms with Gasteiger partial charge in [-0.3, -0.25) is 4.79 Å². The van der Waals surface area contributed by atoms with Crippen LogP contribution in [0, 0.1) is 0 Å².